The third-order valence-corrected chi connectivity index (χ3v) is 2.63. The number of hydrogen-bond acceptors (Lipinski definition) is 4. The maximum atomic E-state index is 12.0. The summed E-state index contributed by atoms with van der Waals surface area (Å²) in [6, 6.07) is 7.46. The molecule has 0 saturated carbocycles. The van der Waals surface area contributed by atoms with Gasteiger partial charge in [-0.2, -0.15) is 0 Å². The van der Waals surface area contributed by atoms with Crippen molar-refractivity contribution in [2.24, 2.45) is 0 Å². The second-order valence-corrected chi connectivity index (χ2v) is 4.09. The fourth-order valence-electron chi connectivity index (χ4n) is 1.68. The monoisotopic (exact) mass is 302 g/mol. The van der Waals surface area contributed by atoms with Crippen LogP contribution in [0.4, 0.5) is 0 Å². The lowest BCUT2D eigenvalue weighted by Crippen LogP contribution is -2.33. The average Bonchev–Trinajstić information content (AvgIpc) is 2.43. The number of benzene rings is 1. The average molecular weight is 303 g/mol. The number of hydrogen-bond donors (Lipinski definition) is 2. The molecule has 0 unspecified atom stereocenters. The van der Waals surface area contributed by atoms with Crippen molar-refractivity contribution in [1.82, 2.24) is 10.6 Å². The van der Waals surface area contributed by atoms with Crippen LogP contribution in [0.3, 0.4) is 0 Å². The molecule has 20 heavy (non-hydrogen) atoms. The molecule has 0 bridgehead atoms. The number of amides is 1. The maximum Gasteiger partial charge on any atom is 0.251 e. The van der Waals surface area contributed by atoms with E-state index in [1.54, 1.807) is 14.2 Å². The molecular weight excluding hydrogens is 280 g/mol. The molecule has 0 spiro atoms. The first-order valence-electron chi connectivity index (χ1n) is 6.34. The Bertz CT molecular complexity index is 388. The van der Waals surface area contributed by atoms with Gasteiger partial charge in [0, 0.05) is 39.4 Å². The molecule has 2 N–H and O–H groups in total. The zero-order chi connectivity index (χ0) is 13.9. The summed E-state index contributed by atoms with van der Waals surface area (Å²) >= 11 is 0. The van der Waals surface area contributed by atoms with Gasteiger partial charge < -0.3 is 20.1 Å². The van der Waals surface area contributed by atoms with Gasteiger partial charge in [0.25, 0.3) is 5.91 Å². The Labute approximate surface area is 126 Å². The molecule has 0 heterocycles. The third kappa shape index (κ3) is 6.86. The molecule has 0 aromatic heterocycles. The number of methoxy groups -OCH3 is 2. The number of nitrogens with one attached hydrogen (secondary N) is 2. The molecular formula is C14H23ClN2O3. The van der Waals surface area contributed by atoms with Gasteiger partial charge in [-0.05, 0) is 11.6 Å². The standard InChI is InChI=1S/C14H22N2O3.ClH/c1-18-10-9-15-7-8-16-14(17)13-6-4-3-5-12(13)11-19-2;/h3-6,15H,7-11H2,1-2H3,(H,16,17);1H. The largest absolute Gasteiger partial charge is 0.383 e. The van der Waals surface area contributed by atoms with Crippen molar-refractivity contribution in [2.75, 3.05) is 40.5 Å². The molecule has 0 saturated heterocycles. The zero-order valence-electron chi connectivity index (χ0n) is 12.0. The van der Waals surface area contributed by atoms with Gasteiger partial charge in [-0.1, -0.05) is 18.2 Å². The van der Waals surface area contributed by atoms with Crippen LogP contribution in [0, 0.1) is 0 Å². The van der Waals surface area contributed by atoms with Crippen molar-refractivity contribution in [3.05, 3.63) is 35.4 Å². The quantitative estimate of drug-likeness (QED) is 0.674. The van der Waals surface area contributed by atoms with Gasteiger partial charge in [-0.25, -0.2) is 0 Å². The molecule has 6 heteroatoms. The van der Waals surface area contributed by atoms with E-state index in [4.69, 9.17) is 9.47 Å². The van der Waals surface area contributed by atoms with Crippen LogP contribution < -0.4 is 10.6 Å². The Morgan fingerprint density at radius 2 is 1.85 bits per heavy atom. The van der Waals surface area contributed by atoms with Gasteiger partial charge in [0.05, 0.1) is 13.2 Å². The first-order valence-corrected chi connectivity index (χ1v) is 6.34. The fourth-order valence-corrected chi connectivity index (χ4v) is 1.68. The molecule has 0 aliphatic carbocycles. The Balaban J connectivity index is 0.00000361. The van der Waals surface area contributed by atoms with Gasteiger partial charge in [0.15, 0.2) is 0 Å². The highest BCUT2D eigenvalue weighted by Crippen LogP contribution is 2.09. The predicted octanol–water partition coefficient (Wildman–Crippen LogP) is 1.22. The Hall–Kier alpha value is -1.14. The van der Waals surface area contributed by atoms with E-state index in [1.165, 1.54) is 0 Å². The normalized spacial score (nSPS) is 9.90. The van der Waals surface area contributed by atoms with E-state index in [9.17, 15) is 4.79 Å². The molecule has 0 atom stereocenters. The topological polar surface area (TPSA) is 59.6 Å². The smallest absolute Gasteiger partial charge is 0.251 e. The number of halogens is 1. The van der Waals surface area contributed by atoms with Crippen molar-refractivity contribution in [3.8, 4) is 0 Å². The lowest BCUT2D eigenvalue weighted by molar-refractivity contribution is 0.0948. The summed E-state index contributed by atoms with van der Waals surface area (Å²) in [4.78, 5) is 12.0. The van der Waals surface area contributed by atoms with Crippen LogP contribution in [0.25, 0.3) is 0 Å². The molecule has 5 nitrogen and oxygen atoms in total. The van der Waals surface area contributed by atoms with Crippen LogP contribution in [0.2, 0.25) is 0 Å². The second kappa shape index (κ2) is 11.7. The van der Waals surface area contributed by atoms with E-state index in [2.05, 4.69) is 10.6 Å². The van der Waals surface area contributed by atoms with E-state index in [-0.39, 0.29) is 18.3 Å². The Kier molecular flexibility index (Phi) is 11.0. The SMILES string of the molecule is COCCNCCNC(=O)c1ccccc1COC.Cl. The van der Waals surface area contributed by atoms with E-state index in [0.717, 1.165) is 18.7 Å². The summed E-state index contributed by atoms with van der Waals surface area (Å²) in [5.41, 5.74) is 1.57. The van der Waals surface area contributed by atoms with Gasteiger partial charge >= 0.3 is 0 Å². The Morgan fingerprint density at radius 3 is 2.55 bits per heavy atom. The fraction of sp³-hybridized carbons (Fsp3) is 0.500. The van der Waals surface area contributed by atoms with E-state index in [1.807, 2.05) is 24.3 Å². The molecule has 0 aliphatic heterocycles. The lowest BCUT2D eigenvalue weighted by atomic mass is 10.1. The minimum Gasteiger partial charge on any atom is -0.383 e. The summed E-state index contributed by atoms with van der Waals surface area (Å²) in [7, 11) is 3.28. The lowest BCUT2D eigenvalue weighted by Gasteiger charge is -2.10. The first-order chi connectivity index (χ1) is 9.29. The predicted molar refractivity (Wildman–Crippen MR) is 81.5 cm³/mol. The highest BCUT2D eigenvalue weighted by molar-refractivity contribution is 5.95. The van der Waals surface area contributed by atoms with E-state index < -0.39 is 0 Å². The summed E-state index contributed by atoms with van der Waals surface area (Å²) in [5, 5.41) is 6.05. The van der Waals surface area contributed by atoms with Crippen LogP contribution in [-0.4, -0.2) is 46.4 Å². The molecule has 0 aliphatic rings. The number of carbonyl (C=O) groups is 1. The highest BCUT2D eigenvalue weighted by atomic mass is 35.5. The second-order valence-electron chi connectivity index (χ2n) is 4.09. The summed E-state index contributed by atoms with van der Waals surface area (Å²) in [6.07, 6.45) is 0. The molecule has 1 rings (SSSR count). The maximum absolute atomic E-state index is 12.0. The van der Waals surface area contributed by atoms with Gasteiger partial charge in [-0.3, -0.25) is 4.79 Å². The van der Waals surface area contributed by atoms with Crippen molar-refractivity contribution in [3.63, 3.8) is 0 Å². The van der Waals surface area contributed by atoms with Crippen molar-refractivity contribution in [1.29, 1.82) is 0 Å². The molecule has 1 aromatic carbocycles. The molecule has 1 amide bonds. The van der Waals surface area contributed by atoms with Crippen LogP contribution in [-0.2, 0) is 16.1 Å². The van der Waals surface area contributed by atoms with E-state index in [0.29, 0.717) is 25.3 Å². The molecule has 0 fully saturated rings. The number of carbonyl (C=O) groups excluding carboxylic acids is 1. The Morgan fingerprint density at radius 1 is 1.10 bits per heavy atom. The van der Waals surface area contributed by atoms with Crippen LogP contribution in [0.15, 0.2) is 24.3 Å². The van der Waals surface area contributed by atoms with Crippen LogP contribution in [0.5, 0.6) is 0 Å². The molecule has 0 radical (unpaired) electrons. The highest BCUT2D eigenvalue weighted by Gasteiger charge is 2.09. The van der Waals surface area contributed by atoms with Crippen LogP contribution >= 0.6 is 12.4 Å². The minimum absolute atomic E-state index is 0. The molecule has 114 valence electrons. The van der Waals surface area contributed by atoms with Gasteiger partial charge in [-0.15, -0.1) is 12.4 Å². The van der Waals surface area contributed by atoms with Crippen LogP contribution in [0.1, 0.15) is 15.9 Å². The van der Waals surface area contributed by atoms with Gasteiger partial charge in [0.2, 0.25) is 0 Å². The zero-order valence-corrected chi connectivity index (χ0v) is 12.8. The number of ether oxygens (including phenoxy) is 2. The summed E-state index contributed by atoms with van der Waals surface area (Å²) < 4.78 is 10.0. The number of rotatable bonds is 9. The molecule has 1 aromatic rings. The van der Waals surface area contributed by atoms with Crippen molar-refractivity contribution >= 4 is 18.3 Å². The van der Waals surface area contributed by atoms with Crippen molar-refractivity contribution in [2.45, 2.75) is 6.61 Å². The van der Waals surface area contributed by atoms with Gasteiger partial charge in [0.1, 0.15) is 0 Å². The summed E-state index contributed by atoms with van der Waals surface area (Å²) in [5.74, 6) is -0.0683. The first kappa shape index (κ1) is 18.9. The minimum atomic E-state index is -0.0683. The van der Waals surface area contributed by atoms with E-state index >= 15 is 0 Å². The third-order valence-electron chi connectivity index (χ3n) is 2.63. The van der Waals surface area contributed by atoms with Crippen molar-refractivity contribution < 1.29 is 14.3 Å². The summed E-state index contributed by atoms with van der Waals surface area (Å²) in [6.45, 7) is 3.21.